The number of carbonyl (C=O) groups excluding carboxylic acids is 1. The maximum Gasteiger partial charge on any atom is 0.251 e. The van der Waals surface area contributed by atoms with E-state index in [4.69, 9.17) is 11.4 Å². The molecule has 1 aromatic carbocycles. The van der Waals surface area contributed by atoms with E-state index in [1.54, 1.807) is 11.9 Å². The molecule has 1 amide bonds. The second-order valence-electron chi connectivity index (χ2n) is 9.63. The van der Waals surface area contributed by atoms with Crippen molar-refractivity contribution in [1.29, 1.82) is 0 Å². The van der Waals surface area contributed by atoms with E-state index < -0.39 is 0 Å². The second kappa shape index (κ2) is 13.4. The third kappa shape index (κ3) is 9.12. The molecule has 0 unspecified atom stereocenters. The van der Waals surface area contributed by atoms with Gasteiger partial charge < -0.3 is 20.3 Å². The first-order valence-corrected chi connectivity index (χ1v) is 13.3. The van der Waals surface area contributed by atoms with Gasteiger partial charge >= 0.3 is 0 Å². The highest BCUT2D eigenvalue weighted by Gasteiger charge is 2.32. The number of nitrogens with one attached hydrogen (secondary N) is 3. The molecule has 0 aliphatic heterocycles. The normalized spacial score (nSPS) is 17.5. The van der Waals surface area contributed by atoms with Gasteiger partial charge in [0.15, 0.2) is 0 Å². The van der Waals surface area contributed by atoms with Crippen LogP contribution < -0.4 is 20.3 Å². The topological polar surface area (TPSA) is 69.3 Å². The van der Waals surface area contributed by atoms with Crippen molar-refractivity contribution < 1.29 is 4.79 Å². The van der Waals surface area contributed by atoms with Gasteiger partial charge in [-0.05, 0) is 67.3 Å². The summed E-state index contributed by atoms with van der Waals surface area (Å²) < 4.78 is 2.04. The minimum atomic E-state index is -0.0858. The van der Waals surface area contributed by atoms with E-state index in [0.29, 0.717) is 23.3 Å². The fourth-order valence-electron chi connectivity index (χ4n) is 4.02. The first-order chi connectivity index (χ1) is 16.9. The van der Waals surface area contributed by atoms with Crippen LogP contribution in [0.3, 0.4) is 0 Å². The largest absolute Gasteiger partial charge is 0.370 e. The lowest BCUT2D eigenvalue weighted by Crippen LogP contribution is -2.38. The highest BCUT2D eigenvalue weighted by atomic mass is 32.2. The minimum Gasteiger partial charge on any atom is -0.370 e. The highest BCUT2D eigenvalue weighted by molar-refractivity contribution is 8.01. The summed E-state index contributed by atoms with van der Waals surface area (Å²) in [4.78, 5) is 18.2. The van der Waals surface area contributed by atoms with Crippen LogP contribution in [0.15, 0.2) is 42.5 Å². The number of terminal acetylenes is 1. The fraction of sp³-hybridized carbons (Fsp3) is 0.500. The molecule has 1 aliphatic carbocycles. The van der Waals surface area contributed by atoms with Crippen LogP contribution in [-0.4, -0.2) is 48.9 Å². The van der Waals surface area contributed by atoms with Crippen LogP contribution in [0.25, 0.3) is 0 Å². The van der Waals surface area contributed by atoms with Crippen molar-refractivity contribution >= 4 is 29.5 Å². The van der Waals surface area contributed by atoms with Crippen LogP contribution in [-0.2, 0) is 6.42 Å². The van der Waals surface area contributed by atoms with Gasteiger partial charge in [0.05, 0.1) is 6.54 Å². The second-order valence-corrected chi connectivity index (χ2v) is 11.3. The van der Waals surface area contributed by atoms with Gasteiger partial charge in [0.1, 0.15) is 11.6 Å². The molecule has 1 aromatic heterocycles. The van der Waals surface area contributed by atoms with Gasteiger partial charge in [-0.1, -0.05) is 57.0 Å². The number of benzene rings is 1. The molecule has 3 N–H and O–H groups in total. The Morgan fingerprint density at radius 2 is 2.03 bits per heavy atom. The molecule has 0 saturated heterocycles. The lowest BCUT2D eigenvalue weighted by Gasteiger charge is -2.22. The molecule has 7 heteroatoms. The van der Waals surface area contributed by atoms with Crippen LogP contribution in [0.4, 0.5) is 11.6 Å². The van der Waals surface area contributed by atoms with E-state index >= 15 is 0 Å². The Morgan fingerprint density at radius 3 is 2.69 bits per heavy atom. The van der Waals surface area contributed by atoms with Crippen molar-refractivity contribution in [1.82, 2.24) is 15.6 Å². The van der Waals surface area contributed by atoms with Gasteiger partial charge in [-0.3, -0.25) is 4.79 Å². The average molecular weight is 494 g/mol. The van der Waals surface area contributed by atoms with Gasteiger partial charge in [-0.2, -0.15) is 0 Å². The zero-order valence-corrected chi connectivity index (χ0v) is 22.2. The smallest absolute Gasteiger partial charge is 0.251 e. The fourth-order valence-corrected chi connectivity index (χ4v) is 4.85. The number of amides is 1. The molecule has 1 aliphatic rings. The zero-order chi connectivity index (χ0) is 25.2. The molecule has 0 bridgehead atoms. The molecule has 6 nitrogen and oxygen atoms in total. The number of anilines is 2. The molecule has 188 valence electrons. The predicted octanol–water partition coefficient (Wildman–Crippen LogP) is 4.60. The van der Waals surface area contributed by atoms with Crippen molar-refractivity contribution in [2.45, 2.75) is 51.3 Å². The number of rotatable bonds is 14. The Bertz CT molecular complexity index is 991. The van der Waals surface area contributed by atoms with Crippen LogP contribution in [0, 0.1) is 24.2 Å². The quantitative estimate of drug-likeness (QED) is 0.203. The maximum atomic E-state index is 13.4. The molecule has 3 rings (SSSR count). The van der Waals surface area contributed by atoms with Crippen LogP contribution in [0.2, 0.25) is 0 Å². The van der Waals surface area contributed by atoms with Crippen LogP contribution in [0.1, 0.15) is 49.5 Å². The van der Waals surface area contributed by atoms with E-state index in [0.717, 1.165) is 43.5 Å². The number of hydrogen-bond acceptors (Lipinski definition) is 6. The summed E-state index contributed by atoms with van der Waals surface area (Å²) in [6, 6.07) is 14.0. The summed E-state index contributed by atoms with van der Waals surface area (Å²) in [7, 11) is 2.00. The third-order valence-electron chi connectivity index (χ3n) is 6.14. The maximum absolute atomic E-state index is 13.4. The Hall–Kier alpha value is -2.69. The van der Waals surface area contributed by atoms with Gasteiger partial charge in [0.25, 0.3) is 5.91 Å². The Labute approximate surface area is 215 Å². The molecule has 0 radical (unpaired) electrons. The van der Waals surface area contributed by atoms with Crippen molar-refractivity contribution in [2.24, 2.45) is 11.8 Å². The summed E-state index contributed by atoms with van der Waals surface area (Å²) in [6.45, 7) is 8.71. The van der Waals surface area contributed by atoms with Gasteiger partial charge in [-0.25, -0.2) is 4.98 Å². The first kappa shape index (κ1) is 26.9. The molecule has 1 heterocycles. The van der Waals surface area contributed by atoms with E-state index in [-0.39, 0.29) is 11.9 Å². The van der Waals surface area contributed by atoms with E-state index in [2.05, 4.69) is 54.8 Å². The van der Waals surface area contributed by atoms with E-state index in [1.165, 1.54) is 12.0 Å². The zero-order valence-electron chi connectivity index (χ0n) is 21.4. The van der Waals surface area contributed by atoms with E-state index in [9.17, 15) is 4.79 Å². The lowest BCUT2D eigenvalue weighted by molar-refractivity contribution is 0.0935. The number of carbonyl (C=O) groups is 1. The van der Waals surface area contributed by atoms with Crippen molar-refractivity contribution in [3.63, 3.8) is 0 Å². The van der Waals surface area contributed by atoms with Crippen LogP contribution >= 0.6 is 11.9 Å². The molecular weight excluding hydrogens is 454 g/mol. The standard InChI is InChI=1S/C28H39N5OS/c1-6-13-29-14-12-25(16-22-10-8-7-9-11-22)31-28(34)23-17-26(30-19-24-15-21(24)4)32-27(18-23)33(5)35-20(2)3/h1,7-11,17-18,20-21,24-25,29H,12-16,19H2,2-5H3,(H,30,32)(H,31,34)/t21-,24+,25+/m0/s1. The first-order valence-electron chi connectivity index (χ1n) is 12.5. The van der Waals surface area contributed by atoms with Gasteiger partial charge in [-0.15, -0.1) is 6.42 Å². The summed E-state index contributed by atoms with van der Waals surface area (Å²) in [5, 5.41) is 10.4. The summed E-state index contributed by atoms with van der Waals surface area (Å²) in [5.41, 5.74) is 1.81. The van der Waals surface area contributed by atoms with Gasteiger partial charge in [0.2, 0.25) is 0 Å². The summed E-state index contributed by atoms with van der Waals surface area (Å²) in [5.74, 6) is 5.49. The summed E-state index contributed by atoms with van der Waals surface area (Å²) in [6.07, 6.45) is 8.16. The summed E-state index contributed by atoms with van der Waals surface area (Å²) >= 11 is 1.69. The molecule has 3 atom stereocenters. The van der Waals surface area contributed by atoms with Gasteiger partial charge in [0, 0.05) is 30.4 Å². The number of aromatic nitrogens is 1. The average Bonchev–Trinajstić information content (AvgIpc) is 3.55. The SMILES string of the molecule is C#CCNCC[C@H](Cc1ccccc1)NC(=O)c1cc(NC[C@H]2C[C@@H]2C)nc(N(C)SC(C)C)c1. The predicted molar refractivity (Wildman–Crippen MR) is 149 cm³/mol. The van der Waals surface area contributed by atoms with Crippen molar-refractivity contribution in [2.75, 3.05) is 36.3 Å². The number of pyridine rings is 1. The molecule has 1 fully saturated rings. The Kier molecular flexibility index (Phi) is 10.3. The molecular formula is C28H39N5OS. The van der Waals surface area contributed by atoms with Crippen molar-refractivity contribution in [3.05, 3.63) is 53.6 Å². The molecule has 35 heavy (non-hydrogen) atoms. The third-order valence-corrected chi connectivity index (χ3v) is 7.07. The lowest BCUT2D eigenvalue weighted by atomic mass is 10.0. The number of nitrogens with zero attached hydrogens (tertiary/aromatic N) is 2. The van der Waals surface area contributed by atoms with E-state index in [1.807, 2.05) is 41.7 Å². The van der Waals surface area contributed by atoms with Crippen molar-refractivity contribution in [3.8, 4) is 12.3 Å². The monoisotopic (exact) mass is 493 g/mol. The number of hydrogen-bond donors (Lipinski definition) is 3. The molecule has 0 spiro atoms. The Morgan fingerprint density at radius 1 is 1.29 bits per heavy atom. The minimum absolute atomic E-state index is 0.0155. The van der Waals surface area contributed by atoms with Crippen LogP contribution in [0.5, 0.6) is 0 Å². The molecule has 1 saturated carbocycles. The Balaban J connectivity index is 1.76. The molecule has 2 aromatic rings. The highest BCUT2D eigenvalue weighted by Crippen LogP contribution is 2.37.